The normalized spacial score (nSPS) is 11.1. The number of aromatic amines is 2. The highest BCUT2D eigenvalue weighted by atomic mass is 16.1. The van der Waals surface area contributed by atoms with Gasteiger partial charge in [0.25, 0.3) is 0 Å². The maximum absolute atomic E-state index is 12.3. The lowest BCUT2D eigenvalue weighted by molar-refractivity contribution is -0.115. The topological polar surface area (TPSA) is 73.6 Å². The summed E-state index contributed by atoms with van der Waals surface area (Å²) in [5, 5.41) is 4.04. The molecule has 0 fully saturated rings. The lowest BCUT2D eigenvalue weighted by atomic mass is 10.1. The second kappa shape index (κ2) is 5.04. The van der Waals surface area contributed by atoms with Crippen LogP contribution in [0.3, 0.4) is 0 Å². The molecular formula is C17H14N4O. The zero-order valence-electron chi connectivity index (χ0n) is 11.8. The van der Waals surface area contributed by atoms with Crippen LogP contribution < -0.4 is 5.32 Å². The van der Waals surface area contributed by atoms with Gasteiger partial charge in [0.05, 0.1) is 24.0 Å². The Labute approximate surface area is 126 Å². The lowest BCUT2D eigenvalue weighted by Crippen LogP contribution is -2.14. The molecule has 4 aromatic rings. The Morgan fingerprint density at radius 1 is 1.09 bits per heavy atom. The Morgan fingerprint density at radius 3 is 3.00 bits per heavy atom. The molecule has 0 unspecified atom stereocenters. The second-order valence-electron chi connectivity index (χ2n) is 5.23. The first kappa shape index (κ1) is 12.6. The summed E-state index contributed by atoms with van der Waals surface area (Å²) in [6.07, 6.45) is 3.86. The minimum absolute atomic E-state index is 0.0506. The predicted molar refractivity (Wildman–Crippen MR) is 86.7 cm³/mol. The molecule has 108 valence electrons. The standard InChI is InChI=1S/C17H14N4O/c22-16(9-11-4-5-13-12(8-11)6-7-18-13)21-15-3-1-2-14-17(15)20-10-19-14/h1-8,10,18H,9H2,(H,19,20)(H,21,22). The van der Waals surface area contributed by atoms with Gasteiger partial charge in [0, 0.05) is 11.7 Å². The number of fused-ring (bicyclic) bond motifs is 2. The zero-order valence-corrected chi connectivity index (χ0v) is 11.8. The quantitative estimate of drug-likeness (QED) is 0.542. The van der Waals surface area contributed by atoms with E-state index in [1.807, 2.05) is 48.7 Å². The third-order valence-electron chi connectivity index (χ3n) is 3.71. The van der Waals surface area contributed by atoms with Gasteiger partial charge >= 0.3 is 0 Å². The number of H-pyrrole nitrogens is 2. The van der Waals surface area contributed by atoms with Crippen LogP contribution in [-0.4, -0.2) is 20.9 Å². The van der Waals surface area contributed by atoms with Gasteiger partial charge in [0.2, 0.25) is 5.91 Å². The number of rotatable bonds is 3. The highest BCUT2D eigenvalue weighted by Crippen LogP contribution is 2.20. The number of benzene rings is 2. The van der Waals surface area contributed by atoms with Gasteiger partial charge in [-0.3, -0.25) is 4.79 Å². The first-order chi connectivity index (χ1) is 10.8. The summed E-state index contributed by atoms with van der Waals surface area (Å²) in [4.78, 5) is 22.7. The van der Waals surface area contributed by atoms with Gasteiger partial charge < -0.3 is 15.3 Å². The largest absolute Gasteiger partial charge is 0.361 e. The van der Waals surface area contributed by atoms with E-state index in [1.165, 1.54) is 0 Å². The van der Waals surface area contributed by atoms with Crippen molar-refractivity contribution in [1.29, 1.82) is 0 Å². The molecule has 5 heteroatoms. The van der Waals surface area contributed by atoms with Crippen LogP contribution in [-0.2, 0) is 11.2 Å². The van der Waals surface area contributed by atoms with Crippen LogP contribution in [0.5, 0.6) is 0 Å². The molecule has 3 N–H and O–H groups in total. The number of amides is 1. The molecular weight excluding hydrogens is 276 g/mol. The van der Waals surface area contributed by atoms with Crippen molar-refractivity contribution in [3.8, 4) is 0 Å². The van der Waals surface area contributed by atoms with Crippen LogP contribution in [0.25, 0.3) is 21.9 Å². The van der Waals surface area contributed by atoms with Crippen molar-refractivity contribution < 1.29 is 4.79 Å². The number of carbonyl (C=O) groups is 1. The Bertz CT molecular complexity index is 967. The van der Waals surface area contributed by atoms with E-state index in [2.05, 4.69) is 20.3 Å². The van der Waals surface area contributed by atoms with E-state index in [1.54, 1.807) is 6.33 Å². The molecule has 0 atom stereocenters. The van der Waals surface area contributed by atoms with Crippen molar-refractivity contribution in [2.75, 3.05) is 5.32 Å². The Hall–Kier alpha value is -3.08. The maximum atomic E-state index is 12.3. The van der Waals surface area contributed by atoms with E-state index in [4.69, 9.17) is 0 Å². The molecule has 2 aromatic heterocycles. The fourth-order valence-corrected chi connectivity index (χ4v) is 2.66. The van der Waals surface area contributed by atoms with E-state index < -0.39 is 0 Å². The Morgan fingerprint density at radius 2 is 2.05 bits per heavy atom. The highest BCUT2D eigenvalue weighted by Gasteiger charge is 2.08. The maximum Gasteiger partial charge on any atom is 0.228 e. The highest BCUT2D eigenvalue weighted by molar-refractivity contribution is 6.00. The number of imidazole rings is 1. The number of para-hydroxylation sites is 1. The molecule has 1 amide bonds. The first-order valence-corrected chi connectivity index (χ1v) is 7.07. The van der Waals surface area contributed by atoms with Crippen molar-refractivity contribution in [3.05, 3.63) is 60.6 Å². The fraction of sp³-hybridized carbons (Fsp3) is 0.0588. The van der Waals surface area contributed by atoms with Crippen molar-refractivity contribution in [2.45, 2.75) is 6.42 Å². The molecule has 2 heterocycles. The van der Waals surface area contributed by atoms with Crippen molar-refractivity contribution in [1.82, 2.24) is 15.0 Å². The molecule has 0 aliphatic carbocycles. The third kappa shape index (κ3) is 2.22. The smallest absolute Gasteiger partial charge is 0.228 e. The van der Waals surface area contributed by atoms with E-state index in [-0.39, 0.29) is 5.91 Å². The summed E-state index contributed by atoms with van der Waals surface area (Å²) in [5.41, 5.74) is 4.47. The third-order valence-corrected chi connectivity index (χ3v) is 3.71. The van der Waals surface area contributed by atoms with Crippen molar-refractivity contribution in [2.24, 2.45) is 0 Å². The van der Waals surface area contributed by atoms with Gasteiger partial charge in [-0.05, 0) is 41.3 Å². The summed E-state index contributed by atoms with van der Waals surface area (Å²) in [6.45, 7) is 0. The van der Waals surface area contributed by atoms with Crippen LogP contribution in [0.4, 0.5) is 5.69 Å². The molecule has 5 nitrogen and oxygen atoms in total. The number of aromatic nitrogens is 3. The van der Waals surface area contributed by atoms with Crippen molar-refractivity contribution in [3.63, 3.8) is 0 Å². The molecule has 0 radical (unpaired) electrons. The van der Waals surface area contributed by atoms with Crippen LogP contribution >= 0.6 is 0 Å². The monoisotopic (exact) mass is 290 g/mol. The van der Waals surface area contributed by atoms with Gasteiger partial charge in [-0.2, -0.15) is 0 Å². The zero-order chi connectivity index (χ0) is 14.9. The molecule has 0 aliphatic heterocycles. The number of hydrogen-bond acceptors (Lipinski definition) is 2. The molecule has 4 rings (SSSR count). The molecule has 2 aromatic carbocycles. The molecule has 0 saturated heterocycles. The van der Waals surface area contributed by atoms with Gasteiger partial charge in [-0.1, -0.05) is 12.1 Å². The molecule has 0 spiro atoms. The molecule has 0 aliphatic rings. The second-order valence-corrected chi connectivity index (χ2v) is 5.23. The number of carbonyl (C=O) groups excluding carboxylic acids is 1. The van der Waals surface area contributed by atoms with E-state index in [0.717, 1.165) is 33.2 Å². The van der Waals surface area contributed by atoms with Gasteiger partial charge in [0.1, 0.15) is 5.52 Å². The van der Waals surface area contributed by atoms with Crippen molar-refractivity contribution >= 4 is 33.5 Å². The summed E-state index contributed by atoms with van der Waals surface area (Å²) < 4.78 is 0. The number of anilines is 1. The average molecular weight is 290 g/mol. The van der Waals surface area contributed by atoms with E-state index in [9.17, 15) is 4.79 Å². The first-order valence-electron chi connectivity index (χ1n) is 7.07. The lowest BCUT2D eigenvalue weighted by Gasteiger charge is -2.06. The van der Waals surface area contributed by atoms with E-state index in [0.29, 0.717) is 6.42 Å². The van der Waals surface area contributed by atoms with Gasteiger partial charge in [-0.25, -0.2) is 4.98 Å². The van der Waals surface area contributed by atoms with Crippen LogP contribution in [0.15, 0.2) is 55.0 Å². The molecule has 22 heavy (non-hydrogen) atoms. The van der Waals surface area contributed by atoms with Gasteiger partial charge in [0.15, 0.2) is 0 Å². The summed E-state index contributed by atoms with van der Waals surface area (Å²) in [5.74, 6) is -0.0506. The van der Waals surface area contributed by atoms with Gasteiger partial charge in [-0.15, -0.1) is 0 Å². The minimum Gasteiger partial charge on any atom is -0.361 e. The Balaban J connectivity index is 1.55. The summed E-state index contributed by atoms with van der Waals surface area (Å²) in [7, 11) is 0. The Kier molecular flexibility index (Phi) is 2.89. The average Bonchev–Trinajstić information content (AvgIpc) is 3.15. The molecule has 0 bridgehead atoms. The fourth-order valence-electron chi connectivity index (χ4n) is 2.66. The molecule has 0 saturated carbocycles. The number of hydrogen-bond donors (Lipinski definition) is 3. The minimum atomic E-state index is -0.0506. The summed E-state index contributed by atoms with van der Waals surface area (Å²) in [6, 6.07) is 13.7. The van der Waals surface area contributed by atoms with E-state index >= 15 is 0 Å². The van der Waals surface area contributed by atoms with Crippen LogP contribution in [0.2, 0.25) is 0 Å². The summed E-state index contributed by atoms with van der Waals surface area (Å²) >= 11 is 0. The predicted octanol–water partition coefficient (Wildman–Crippen LogP) is 3.23. The number of nitrogens with one attached hydrogen (secondary N) is 3. The van der Waals surface area contributed by atoms with Crippen LogP contribution in [0, 0.1) is 0 Å². The number of nitrogens with zero attached hydrogens (tertiary/aromatic N) is 1. The SMILES string of the molecule is O=C(Cc1ccc2[nH]ccc2c1)Nc1cccc2[nH]cnc12. The van der Waals surface area contributed by atoms with Crippen LogP contribution in [0.1, 0.15) is 5.56 Å².